The van der Waals surface area contributed by atoms with Gasteiger partial charge in [-0.2, -0.15) is 0 Å². The first-order valence-electron chi connectivity index (χ1n) is 4.87. The summed E-state index contributed by atoms with van der Waals surface area (Å²) in [7, 11) is 0. The summed E-state index contributed by atoms with van der Waals surface area (Å²) in [4.78, 5) is 1.59. The monoisotopic (exact) mass is 233 g/mol. The third kappa shape index (κ3) is 4.99. The molecule has 6 heteroatoms. The van der Waals surface area contributed by atoms with E-state index in [1.54, 1.807) is 4.90 Å². The normalized spacial score (nSPS) is 29.8. The first-order valence-corrected chi connectivity index (χ1v) is 4.87. The van der Waals surface area contributed by atoms with Crippen LogP contribution in [0.5, 0.6) is 0 Å². The van der Waals surface area contributed by atoms with Crippen LogP contribution in [0.4, 0.5) is 12.9 Å². The van der Waals surface area contributed by atoms with Gasteiger partial charge in [-0.15, -0.1) is 0 Å². The Morgan fingerprint density at radius 3 is 1.93 bits per heavy atom. The molecule has 1 saturated heterocycles. The second-order valence-electron chi connectivity index (χ2n) is 4.04. The maximum atomic E-state index is 12.2. The fourth-order valence-electron chi connectivity index (χ4n) is 2.07. The molecular formula is C8H16BF3KN. The molecule has 1 fully saturated rings. The number of rotatable bonds is 2. The largest absolute Gasteiger partial charge is 1.00 e. The molecule has 1 aliphatic rings. The van der Waals surface area contributed by atoms with Crippen LogP contribution in [-0.2, 0) is 0 Å². The fraction of sp³-hybridized carbons (Fsp3) is 1.00. The maximum absolute atomic E-state index is 12.2. The molecule has 0 amide bonds. The Labute approximate surface area is 126 Å². The van der Waals surface area contributed by atoms with E-state index >= 15 is 0 Å². The first-order chi connectivity index (χ1) is 5.90. The molecule has 0 N–H and O–H groups in total. The fourth-order valence-corrected chi connectivity index (χ4v) is 2.07. The van der Waals surface area contributed by atoms with Crippen molar-refractivity contribution in [2.24, 2.45) is 0 Å². The first kappa shape index (κ1) is 15.5. The van der Waals surface area contributed by atoms with E-state index in [0.717, 1.165) is 19.3 Å². The summed E-state index contributed by atoms with van der Waals surface area (Å²) in [5, 5.41) is 0. The third-order valence-electron chi connectivity index (χ3n) is 2.79. The van der Waals surface area contributed by atoms with Crippen LogP contribution in [0, 0.1) is 0 Å². The Hall–Kier alpha value is 1.45. The van der Waals surface area contributed by atoms with Gasteiger partial charge in [-0.3, -0.25) is 0 Å². The SMILES string of the molecule is CC1CCCC(C)N1C[B-](F)(F)F.[K+]. The van der Waals surface area contributed by atoms with Crippen molar-refractivity contribution in [1.29, 1.82) is 0 Å². The van der Waals surface area contributed by atoms with Crippen molar-refractivity contribution in [3.63, 3.8) is 0 Å². The zero-order chi connectivity index (χ0) is 10.1. The van der Waals surface area contributed by atoms with Crippen molar-refractivity contribution in [1.82, 2.24) is 4.90 Å². The molecule has 0 radical (unpaired) electrons. The molecule has 0 saturated carbocycles. The van der Waals surface area contributed by atoms with Crippen molar-refractivity contribution in [2.75, 3.05) is 6.44 Å². The summed E-state index contributed by atoms with van der Waals surface area (Å²) in [6.45, 7) is -0.889. The smallest absolute Gasteiger partial charge is 0.448 e. The standard InChI is InChI=1S/C8H16BF3N.K/c1-7-4-3-5-8(2)13(7)6-9(10,11)12;/h7-8H,3-6H2,1-2H3;/q-1;+1. The molecule has 2 unspecified atom stereocenters. The van der Waals surface area contributed by atoms with Gasteiger partial charge in [-0.05, 0) is 33.1 Å². The molecule has 1 aliphatic heterocycles. The molecule has 78 valence electrons. The van der Waals surface area contributed by atoms with Gasteiger partial charge < -0.3 is 17.8 Å². The van der Waals surface area contributed by atoms with Crippen molar-refractivity contribution in [3.8, 4) is 0 Å². The summed E-state index contributed by atoms with van der Waals surface area (Å²) >= 11 is 0. The Kier molecular flexibility index (Phi) is 6.90. The zero-order valence-electron chi connectivity index (χ0n) is 9.14. The second-order valence-corrected chi connectivity index (χ2v) is 4.04. The van der Waals surface area contributed by atoms with Crippen LogP contribution in [0.1, 0.15) is 33.1 Å². The minimum Gasteiger partial charge on any atom is -0.448 e. The Bertz CT molecular complexity index is 166. The molecule has 0 aromatic heterocycles. The van der Waals surface area contributed by atoms with Crippen molar-refractivity contribution in [3.05, 3.63) is 0 Å². The summed E-state index contributed by atoms with van der Waals surface area (Å²) < 4.78 is 36.6. The van der Waals surface area contributed by atoms with Gasteiger partial charge in [-0.1, -0.05) is 6.42 Å². The Morgan fingerprint density at radius 1 is 1.14 bits per heavy atom. The molecule has 0 aromatic rings. The third-order valence-corrected chi connectivity index (χ3v) is 2.79. The van der Waals surface area contributed by atoms with Gasteiger partial charge in [-0.25, -0.2) is 0 Å². The predicted octanol–water partition coefficient (Wildman–Crippen LogP) is -0.360. The molecule has 2 atom stereocenters. The average Bonchev–Trinajstić information content (AvgIpc) is 1.95. The number of hydrogen-bond acceptors (Lipinski definition) is 1. The van der Waals surface area contributed by atoms with Crippen LogP contribution in [-0.4, -0.2) is 30.4 Å². The van der Waals surface area contributed by atoms with Crippen LogP contribution >= 0.6 is 0 Å². The molecule has 0 aromatic carbocycles. The maximum Gasteiger partial charge on any atom is 1.00 e. The van der Waals surface area contributed by atoms with E-state index in [1.165, 1.54) is 0 Å². The molecule has 0 aliphatic carbocycles. The molecule has 1 rings (SSSR count). The van der Waals surface area contributed by atoms with Gasteiger partial charge in [0.15, 0.2) is 0 Å². The zero-order valence-corrected chi connectivity index (χ0v) is 12.3. The van der Waals surface area contributed by atoms with Gasteiger partial charge >= 0.3 is 58.4 Å². The van der Waals surface area contributed by atoms with Gasteiger partial charge in [0.05, 0.1) is 0 Å². The quantitative estimate of drug-likeness (QED) is 0.589. The van der Waals surface area contributed by atoms with Crippen molar-refractivity contribution >= 4 is 6.98 Å². The van der Waals surface area contributed by atoms with Crippen LogP contribution in [0.25, 0.3) is 0 Å². The van der Waals surface area contributed by atoms with Gasteiger partial charge in [0.2, 0.25) is 0 Å². The topological polar surface area (TPSA) is 3.24 Å². The minimum atomic E-state index is -4.66. The molecule has 1 nitrogen and oxygen atoms in total. The molecular weight excluding hydrogens is 217 g/mol. The van der Waals surface area contributed by atoms with Crippen LogP contribution in [0.2, 0.25) is 0 Å². The summed E-state index contributed by atoms with van der Waals surface area (Å²) in [5.74, 6) is 0. The number of halogens is 3. The Balaban J connectivity index is 0.00000169. The van der Waals surface area contributed by atoms with Crippen LogP contribution < -0.4 is 51.4 Å². The molecule has 0 bridgehead atoms. The van der Waals surface area contributed by atoms with E-state index in [-0.39, 0.29) is 63.5 Å². The number of hydrogen-bond donors (Lipinski definition) is 0. The molecule has 14 heavy (non-hydrogen) atoms. The van der Waals surface area contributed by atoms with Gasteiger partial charge in [0.1, 0.15) is 0 Å². The molecule has 0 spiro atoms. The van der Waals surface area contributed by atoms with E-state index in [0.29, 0.717) is 0 Å². The van der Waals surface area contributed by atoms with E-state index < -0.39 is 13.4 Å². The second kappa shape index (κ2) is 6.25. The number of likely N-dealkylation sites (tertiary alicyclic amines) is 1. The summed E-state index contributed by atoms with van der Waals surface area (Å²) in [5.41, 5.74) is 0. The summed E-state index contributed by atoms with van der Waals surface area (Å²) in [6.07, 6.45) is 2.17. The number of piperidine rings is 1. The van der Waals surface area contributed by atoms with Gasteiger partial charge in [0.25, 0.3) is 0 Å². The predicted molar refractivity (Wildman–Crippen MR) is 48.6 cm³/mol. The van der Waals surface area contributed by atoms with Crippen LogP contribution in [0.15, 0.2) is 0 Å². The summed E-state index contributed by atoms with van der Waals surface area (Å²) in [6, 6.07) is 0.180. The van der Waals surface area contributed by atoms with E-state index in [9.17, 15) is 12.9 Å². The number of nitrogens with zero attached hydrogens (tertiary/aromatic N) is 1. The van der Waals surface area contributed by atoms with Crippen molar-refractivity contribution in [2.45, 2.75) is 45.2 Å². The van der Waals surface area contributed by atoms with E-state index in [2.05, 4.69) is 0 Å². The van der Waals surface area contributed by atoms with Crippen molar-refractivity contribution < 1.29 is 64.3 Å². The van der Waals surface area contributed by atoms with Crippen LogP contribution in [0.3, 0.4) is 0 Å². The van der Waals surface area contributed by atoms with Gasteiger partial charge in [0, 0.05) is 12.1 Å². The molecule has 1 heterocycles. The minimum absolute atomic E-state index is 0. The Morgan fingerprint density at radius 2 is 1.57 bits per heavy atom. The van der Waals surface area contributed by atoms with E-state index in [4.69, 9.17) is 0 Å². The average molecular weight is 233 g/mol. The van der Waals surface area contributed by atoms with E-state index in [1.807, 2.05) is 13.8 Å².